The highest BCUT2D eigenvalue weighted by Crippen LogP contribution is 2.29. The van der Waals surface area contributed by atoms with E-state index < -0.39 is 6.61 Å². The number of halogens is 3. The Morgan fingerprint density at radius 2 is 2.07 bits per heavy atom. The molecule has 0 bridgehead atoms. The SMILES string of the molecule is CCC1CCCCN1CCNC(=NC)NCc1ccc(OC)c(OC(F)F)c1.I. The Kier molecular flexibility index (Phi) is 12.2. The summed E-state index contributed by atoms with van der Waals surface area (Å²) in [5.74, 6) is 0.978. The molecule has 2 rings (SSSR count). The van der Waals surface area contributed by atoms with Crippen molar-refractivity contribution >= 4 is 29.9 Å². The average molecular weight is 526 g/mol. The van der Waals surface area contributed by atoms with E-state index in [0.717, 1.165) is 25.2 Å². The minimum atomic E-state index is -2.90. The van der Waals surface area contributed by atoms with Crippen LogP contribution in [0.2, 0.25) is 0 Å². The highest BCUT2D eigenvalue weighted by atomic mass is 127. The molecule has 0 radical (unpaired) electrons. The second-order valence-corrected chi connectivity index (χ2v) is 6.81. The fourth-order valence-electron chi connectivity index (χ4n) is 3.56. The van der Waals surface area contributed by atoms with E-state index in [2.05, 4.69) is 32.2 Å². The van der Waals surface area contributed by atoms with Gasteiger partial charge in [0.05, 0.1) is 7.11 Å². The number of methoxy groups -OCH3 is 1. The highest BCUT2D eigenvalue weighted by molar-refractivity contribution is 14.0. The largest absolute Gasteiger partial charge is 0.493 e. The summed E-state index contributed by atoms with van der Waals surface area (Å²) in [5.41, 5.74) is 0.793. The predicted octanol–water partition coefficient (Wildman–Crippen LogP) is 3.84. The van der Waals surface area contributed by atoms with Crippen molar-refractivity contribution in [1.29, 1.82) is 0 Å². The Bertz CT molecular complexity index is 634. The quantitative estimate of drug-likeness (QED) is 0.291. The number of benzene rings is 1. The Morgan fingerprint density at radius 3 is 2.72 bits per heavy atom. The van der Waals surface area contributed by atoms with Crippen LogP contribution < -0.4 is 20.1 Å². The van der Waals surface area contributed by atoms with Crippen molar-refractivity contribution in [2.45, 2.75) is 51.8 Å². The molecule has 2 N–H and O–H groups in total. The van der Waals surface area contributed by atoms with E-state index in [9.17, 15) is 8.78 Å². The van der Waals surface area contributed by atoms with Crippen LogP contribution >= 0.6 is 24.0 Å². The molecule has 1 aliphatic heterocycles. The summed E-state index contributed by atoms with van der Waals surface area (Å²) in [6.45, 7) is 2.73. The number of nitrogens with one attached hydrogen (secondary N) is 2. The van der Waals surface area contributed by atoms with Gasteiger partial charge < -0.3 is 20.1 Å². The second-order valence-electron chi connectivity index (χ2n) is 6.81. The van der Waals surface area contributed by atoms with Gasteiger partial charge in [-0.1, -0.05) is 19.4 Å². The third-order valence-corrected chi connectivity index (χ3v) is 5.04. The zero-order valence-corrected chi connectivity index (χ0v) is 19.7. The van der Waals surface area contributed by atoms with E-state index in [-0.39, 0.29) is 35.5 Å². The normalized spacial score (nSPS) is 17.6. The lowest BCUT2D eigenvalue weighted by Gasteiger charge is -2.35. The van der Waals surface area contributed by atoms with Gasteiger partial charge in [0.25, 0.3) is 0 Å². The summed E-state index contributed by atoms with van der Waals surface area (Å²) in [5, 5.41) is 6.53. The molecule has 1 unspecified atom stereocenters. The molecule has 166 valence electrons. The molecule has 9 heteroatoms. The van der Waals surface area contributed by atoms with Gasteiger partial charge in [0.2, 0.25) is 0 Å². The Labute approximate surface area is 189 Å². The number of guanidine groups is 1. The number of piperidine rings is 1. The number of rotatable bonds is 9. The maximum absolute atomic E-state index is 12.6. The Hall–Kier alpha value is -1.36. The van der Waals surface area contributed by atoms with Gasteiger partial charge in [-0.05, 0) is 43.5 Å². The number of nitrogens with zero attached hydrogens (tertiary/aromatic N) is 2. The molecule has 1 aromatic rings. The highest BCUT2D eigenvalue weighted by Gasteiger charge is 2.20. The first-order valence-electron chi connectivity index (χ1n) is 9.87. The fraction of sp³-hybridized carbons (Fsp3) is 0.650. The van der Waals surface area contributed by atoms with Crippen LogP contribution in [-0.2, 0) is 6.54 Å². The van der Waals surface area contributed by atoms with Crippen molar-refractivity contribution < 1.29 is 18.3 Å². The van der Waals surface area contributed by atoms with Crippen molar-refractivity contribution in [2.75, 3.05) is 33.8 Å². The summed E-state index contributed by atoms with van der Waals surface area (Å²) >= 11 is 0. The van der Waals surface area contributed by atoms with E-state index in [4.69, 9.17) is 4.74 Å². The van der Waals surface area contributed by atoms with Crippen molar-refractivity contribution in [3.63, 3.8) is 0 Å². The van der Waals surface area contributed by atoms with Crippen molar-refractivity contribution in [3.8, 4) is 11.5 Å². The molecule has 0 aromatic heterocycles. The molecule has 6 nitrogen and oxygen atoms in total. The van der Waals surface area contributed by atoms with Gasteiger partial charge in [0.15, 0.2) is 17.5 Å². The summed E-state index contributed by atoms with van der Waals surface area (Å²) in [6, 6.07) is 5.65. The van der Waals surface area contributed by atoms with Crippen LogP contribution in [0.3, 0.4) is 0 Å². The van der Waals surface area contributed by atoms with E-state index in [1.54, 1.807) is 25.2 Å². The molecule has 0 saturated carbocycles. The standard InChI is InChI=1S/C20H32F2N4O2.HI/c1-4-16-7-5-6-11-26(16)12-10-24-20(23-2)25-14-15-8-9-17(27-3)18(13-15)28-19(21)22;/h8-9,13,16,19H,4-7,10-12,14H2,1-3H3,(H2,23,24,25);1H. The van der Waals surface area contributed by atoms with Crippen molar-refractivity contribution in [2.24, 2.45) is 4.99 Å². The smallest absolute Gasteiger partial charge is 0.387 e. The topological polar surface area (TPSA) is 58.1 Å². The molecule has 1 aromatic carbocycles. The maximum atomic E-state index is 12.6. The monoisotopic (exact) mass is 526 g/mol. The number of ether oxygens (including phenoxy) is 2. The summed E-state index contributed by atoms with van der Waals surface area (Å²) in [7, 11) is 3.13. The number of likely N-dealkylation sites (tertiary alicyclic amines) is 1. The number of hydrogen-bond donors (Lipinski definition) is 2. The molecule has 0 spiro atoms. The molecule has 29 heavy (non-hydrogen) atoms. The van der Waals surface area contributed by atoms with E-state index >= 15 is 0 Å². The van der Waals surface area contributed by atoms with Crippen molar-refractivity contribution in [3.05, 3.63) is 23.8 Å². The third kappa shape index (κ3) is 8.49. The minimum absolute atomic E-state index is 0. The number of aliphatic imine (C=N–C) groups is 1. The molecule has 1 fully saturated rings. The molecule has 1 saturated heterocycles. The Balaban J connectivity index is 0.00000420. The van der Waals surface area contributed by atoms with Crippen LogP contribution in [0.4, 0.5) is 8.78 Å². The van der Waals surface area contributed by atoms with Gasteiger partial charge in [-0.3, -0.25) is 9.89 Å². The first kappa shape index (κ1) is 25.7. The molecule has 1 heterocycles. The van der Waals surface area contributed by atoms with E-state index in [0.29, 0.717) is 18.5 Å². The van der Waals surface area contributed by atoms with Gasteiger partial charge in [0, 0.05) is 32.7 Å². The summed E-state index contributed by atoms with van der Waals surface area (Å²) < 4.78 is 34.7. The van der Waals surface area contributed by atoms with Crippen LogP contribution in [-0.4, -0.2) is 57.3 Å². The van der Waals surface area contributed by atoms with E-state index in [1.807, 2.05) is 0 Å². The molecule has 0 aliphatic carbocycles. The van der Waals surface area contributed by atoms with Crippen LogP contribution in [0.25, 0.3) is 0 Å². The van der Waals surface area contributed by atoms with Gasteiger partial charge in [-0.15, -0.1) is 24.0 Å². The van der Waals surface area contributed by atoms with Gasteiger partial charge in [-0.2, -0.15) is 8.78 Å². The zero-order chi connectivity index (χ0) is 20.4. The fourth-order valence-corrected chi connectivity index (χ4v) is 3.56. The molecule has 1 aliphatic rings. The molecule has 1 atom stereocenters. The average Bonchev–Trinajstić information content (AvgIpc) is 2.70. The molecular weight excluding hydrogens is 493 g/mol. The van der Waals surface area contributed by atoms with Crippen molar-refractivity contribution in [1.82, 2.24) is 15.5 Å². The minimum Gasteiger partial charge on any atom is -0.493 e. The van der Waals surface area contributed by atoms with Crippen LogP contribution in [0.5, 0.6) is 11.5 Å². The van der Waals surface area contributed by atoms with Crippen LogP contribution in [0.1, 0.15) is 38.2 Å². The lowest BCUT2D eigenvalue weighted by molar-refractivity contribution is -0.0512. The van der Waals surface area contributed by atoms with Gasteiger partial charge in [0.1, 0.15) is 0 Å². The summed E-state index contributed by atoms with van der Waals surface area (Å²) in [6.07, 6.45) is 5.06. The first-order valence-corrected chi connectivity index (χ1v) is 9.87. The van der Waals surface area contributed by atoms with Gasteiger partial charge in [-0.25, -0.2) is 0 Å². The molecule has 0 amide bonds. The number of alkyl halides is 2. The maximum Gasteiger partial charge on any atom is 0.387 e. The summed E-state index contributed by atoms with van der Waals surface area (Å²) in [4.78, 5) is 6.77. The van der Waals surface area contributed by atoms with Crippen LogP contribution in [0.15, 0.2) is 23.2 Å². The lowest BCUT2D eigenvalue weighted by Crippen LogP contribution is -2.45. The van der Waals surface area contributed by atoms with E-state index in [1.165, 1.54) is 32.8 Å². The lowest BCUT2D eigenvalue weighted by atomic mass is 10.0. The number of hydrogen-bond acceptors (Lipinski definition) is 4. The van der Waals surface area contributed by atoms with Crippen LogP contribution in [0, 0.1) is 0 Å². The Morgan fingerprint density at radius 1 is 1.28 bits per heavy atom. The third-order valence-electron chi connectivity index (χ3n) is 5.04. The van der Waals surface area contributed by atoms with Gasteiger partial charge >= 0.3 is 6.61 Å². The zero-order valence-electron chi connectivity index (χ0n) is 17.4. The second kappa shape index (κ2) is 13.8. The molecular formula is C20H33F2IN4O2. The predicted molar refractivity (Wildman–Crippen MR) is 123 cm³/mol. The first-order chi connectivity index (χ1) is 13.6.